The van der Waals surface area contributed by atoms with Crippen LogP contribution in [0.1, 0.15) is 47.7 Å². The highest BCUT2D eigenvalue weighted by atomic mass is 15.3. The molecule has 3 rings (SSSR count). The molecule has 0 fully saturated rings. The molecule has 2 N–H and O–H groups in total. The van der Waals surface area contributed by atoms with Gasteiger partial charge in [0, 0.05) is 17.3 Å². The molecular formula is C16H21N3. The molecule has 0 saturated carbocycles. The number of fused-ring (bicyclic) bond motifs is 1. The molecule has 1 aliphatic rings. The van der Waals surface area contributed by atoms with Gasteiger partial charge < -0.3 is 5.73 Å². The van der Waals surface area contributed by atoms with Gasteiger partial charge >= 0.3 is 0 Å². The van der Waals surface area contributed by atoms with Crippen molar-refractivity contribution in [1.29, 1.82) is 0 Å². The molecule has 3 heteroatoms. The van der Waals surface area contributed by atoms with Gasteiger partial charge in [-0.25, -0.2) is 0 Å². The van der Waals surface area contributed by atoms with Crippen LogP contribution in [0.5, 0.6) is 0 Å². The molecule has 100 valence electrons. The van der Waals surface area contributed by atoms with E-state index in [0.29, 0.717) is 0 Å². The largest absolute Gasteiger partial charge is 0.324 e. The molecule has 0 bridgehead atoms. The second kappa shape index (κ2) is 5.17. The van der Waals surface area contributed by atoms with Crippen molar-refractivity contribution in [1.82, 2.24) is 9.78 Å². The minimum Gasteiger partial charge on any atom is -0.324 e. The number of hydrogen-bond acceptors (Lipinski definition) is 2. The lowest BCUT2D eigenvalue weighted by Crippen LogP contribution is -2.11. The van der Waals surface area contributed by atoms with Gasteiger partial charge in [-0.15, -0.1) is 0 Å². The first-order valence-corrected chi connectivity index (χ1v) is 7.10. The Labute approximate surface area is 114 Å². The van der Waals surface area contributed by atoms with E-state index in [0.717, 1.165) is 19.4 Å². The van der Waals surface area contributed by atoms with Crippen LogP contribution in [0.25, 0.3) is 0 Å². The van der Waals surface area contributed by atoms with Crippen molar-refractivity contribution in [2.45, 2.75) is 45.2 Å². The zero-order valence-corrected chi connectivity index (χ0v) is 11.5. The van der Waals surface area contributed by atoms with Crippen LogP contribution in [-0.2, 0) is 13.0 Å². The topological polar surface area (TPSA) is 43.8 Å². The molecule has 1 aliphatic carbocycles. The highest BCUT2D eigenvalue weighted by molar-refractivity contribution is 5.28. The molecule has 0 spiro atoms. The van der Waals surface area contributed by atoms with Gasteiger partial charge in [-0.2, -0.15) is 5.10 Å². The Morgan fingerprint density at radius 2 is 2.16 bits per heavy atom. The zero-order chi connectivity index (χ0) is 13.2. The summed E-state index contributed by atoms with van der Waals surface area (Å²) in [7, 11) is 0. The van der Waals surface area contributed by atoms with Gasteiger partial charge in [0.1, 0.15) is 0 Å². The normalized spacial score (nSPS) is 18.9. The Balaban J connectivity index is 1.92. The number of aromatic nitrogens is 2. The second-order valence-corrected chi connectivity index (χ2v) is 5.48. The Morgan fingerprint density at radius 3 is 3.00 bits per heavy atom. The number of nitrogens with zero attached hydrogens (tertiary/aromatic N) is 2. The smallest absolute Gasteiger partial charge is 0.0665 e. The van der Waals surface area contributed by atoms with E-state index >= 15 is 0 Å². The van der Waals surface area contributed by atoms with Crippen LogP contribution < -0.4 is 5.73 Å². The van der Waals surface area contributed by atoms with Gasteiger partial charge in [0.15, 0.2) is 0 Å². The number of hydrogen-bond donors (Lipinski definition) is 1. The maximum Gasteiger partial charge on any atom is 0.0665 e. The standard InChI is InChI=1S/C16H21N3/c1-12-6-2-3-7-13(12)11-19-16-9-5-4-8-15(17)14(16)10-18-19/h2-3,6-7,10,15H,4-5,8-9,11,17H2,1H3. The maximum atomic E-state index is 6.23. The fourth-order valence-electron chi connectivity index (χ4n) is 2.91. The van der Waals surface area contributed by atoms with Crippen molar-refractivity contribution < 1.29 is 0 Å². The van der Waals surface area contributed by atoms with Gasteiger partial charge in [-0.05, 0) is 37.3 Å². The molecule has 3 nitrogen and oxygen atoms in total. The Morgan fingerprint density at radius 1 is 1.32 bits per heavy atom. The molecular weight excluding hydrogens is 234 g/mol. The highest BCUT2D eigenvalue weighted by Gasteiger charge is 2.19. The van der Waals surface area contributed by atoms with E-state index in [1.54, 1.807) is 0 Å². The van der Waals surface area contributed by atoms with Crippen LogP contribution in [0.15, 0.2) is 30.5 Å². The fourth-order valence-corrected chi connectivity index (χ4v) is 2.91. The van der Waals surface area contributed by atoms with Gasteiger partial charge in [-0.3, -0.25) is 4.68 Å². The molecule has 1 aromatic carbocycles. The summed E-state index contributed by atoms with van der Waals surface area (Å²) >= 11 is 0. The average molecular weight is 255 g/mol. The number of rotatable bonds is 2. The van der Waals surface area contributed by atoms with Crippen molar-refractivity contribution in [2.24, 2.45) is 5.73 Å². The second-order valence-electron chi connectivity index (χ2n) is 5.48. The Hall–Kier alpha value is -1.61. The third-order valence-electron chi connectivity index (χ3n) is 4.14. The minimum absolute atomic E-state index is 0.170. The number of nitrogens with two attached hydrogens (primary N) is 1. The highest BCUT2D eigenvalue weighted by Crippen LogP contribution is 2.27. The summed E-state index contributed by atoms with van der Waals surface area (Å²) in [5.41, 5.74) is 11.5. The maximum absolute atomic E-state index is 6.23. The molecule has 2 aromatic rings. The number of benzene rings is 1. The summed E-state index contributed by atoms with van der Waals surface area (Å²) < 4.78 is 2.14. The van der Waals surface area contributed by atoms with E-state index in [1.165, 1.54) is 35.2 Å². The first kappa shape index (κ1) is 12.4. The van der Waals surface area contributed by atoms with Gasteiger partial charge in [0.2, 0.25) is 0 Å². The third-order valence-corrected chi connectivity index (χ3v) is 4.14. The molecule has 1 unspecified atom stereocenters. The van der Waals surface area contributed by atoms with Gasteiger partial charge in [0.25, 0.3) is 0 Å². The lowest BCUT2D eigenvalue weighted by molar-refractivity contribution is 0.601. The SMILES string of the molecule is Cc1ccccc1Cn1ncc2c1CCCCC2N. The Bertz CT molecular complexity index is 571. The number of aryl methyl sites for hydroxylation is 1. The van der Waals surface area contributed by atoms with Crippen molar-refractivity contribution in [3.8, 4) is 0 Å². The van der Waals surface area contributed by atoms with Crippen LogP contribution >= 0.6 is 0 Å². The lowest BCUT2D eigenvalue weighted by Gasteiger charge is -2.11. The molecule has 0 radical (unpaired) electrons. The average Bonchev–Trinajstić information content (AvgIpc) is 2.71. The summed E-state index contributed by atoms with van der Waals surface area (Å²) in [6.45, 7) is 3.01. The van der Waals surface area contributed by atoms with Crippen molar-refractivity contribution >= 4 is 0 Å². The van der Waals surface area contributed by atoms with Gasteiger partial charge in [0.05, 0.1) is 12.7 Å². The van der Waals surface area contributed by atoms with E-state index in [2.05, 4.69) is 41.0 Å². The summed E-state index contributed by atoms with van der Waals surface area (Å²) in [5.74, 6) is 0. The summed E-state index contributed by atoms with van der Waals surface area (Å²) in [6.07, 6.45) is 6.61. The first-order chi connectivity index (χ1) is 9.25. The van der Waals surface area contributed by atoms with E-state index in [-0.39, 0.29) is 6.04 Å². The molecule has 0 aliphatic heterocycles. The van der Waals surface area contributed by atoms with Crippen LogP contribution in [0, 0.1) is 6.92 Å². The van der Waals surface area contributed by atoms with Crippen LogP contribution in [0.3, 0.4) is 0 Å². The van der Waals surface area contributed by atoms with Gasteiger partial charge in [-0.1, -0.05) is 30.7 Å². The molecule has 1 aromatic heterocycles. The monoisotopic (exact) mass is 255 g/mol. The van der Waals surface area contributed by atoms with E-state index in [4.69, 9.17) is 5.73 Å². The van der Waals surface area contributed by atoms with Crippen LogP contribution in [0.4, 0.5) is 0 Å². The first-order valence-electron chi connectivity index (χ1n) is 7.10. The summed E-state index contributed by atoms with van der Waals surface area (Å²) in [6, 6.07) is 8.68. The zero-order valence-electron chi connectivity index (χ0n) is 11.5. The van der Waals surface area contributed by atoms with E-state index in [9.17, 15) is 0 Å². The molecule has 0 saturated heterocycles. The molecule has 19 heavy (non-hydrogen) atoms. The van der Waals surface area contributed by atoms with Crippen molar-refractivity contribution in [3.63, 3.8) is 0 Å². The predicted octanol–water partition coefficient (Wildman–Crippen LogP) is 2.97. The fraction of sp³-hybridized carbons (Fsp3) is 0.438. The molecule has 1 heterocycles. The quantitative estimate of drug-likeness (QED) is 0.838. The van der Waals surface area contributed by atoms with Crippen LogP contribution in [-0.4, -0.2) is 9.78 Å². The molecule has 0 amide bonds. The third kappa shape index (κ3) is 2.43. The van der Waals surface area contributed by atoms with Crippen LogP contribution in [0.2, 0.25) is 0 Å². The summed E-state index contributed by atoms with van der Waals surface area (Å²) in [5, 5.41) is 4.56. The van der Waals surface area contributed by atoms with Crippen molar-refractivity contribution in [3.05, 3.63) is 52.8 Å². The van der Waals surface area contributed by atoms with E-state index < -0.39 is 0 Å². The predicted molar refractivity (Wildman–Crippen MR) is 77.0 cm³/mol. The lowest BCUT2D eigenvalue weighted by atomic mass is 10.1. The minimum atomic E-state index is 0.170. The van der Waals surface area contributed by atoms with E-state index in [1.807, 2.05) is 6.20 Å². The van der Waals surface area contributed by atoms with Crippen molar-refractivity contribution in [2.75, 3.05) is 0 Å². The Kier molecular flexibility index (Phi) is 3.38. The molecule has 1 atom stereocenters. The summed E-state index contributed by atoms with van der Waals surface area (Å²) in [4.78, 5) is 0.